The molecule has 0 radical (unpaired) electrons. The molecular formula is C25H30N4O5S. The number of nitrogens with zero attached hydrogens (tertiary/aromatic N) is 3. The number of anilines is 1. The Kier molecular flexibility index (Phi) is 6.27. The molecular weight excluding hydrogens is 468 g/mol. The minimum absolute atomic E-state index is 0.0234. The van der Waals surface area contributed by atoms with Crippen LogP contribution in [0.2, 0.25) is 0 Å². The van der Waals surface area contributed by atoms with E-state index in [1.54, 1.807) is 24.3 Å². The maximum Gasteiger partial charge on any atom is 0.250 e. The lowest BCUT2D eigenvalue weighted by Gasteiger charge is -2.44. The average molecular weight is 499 g/mol. The molecule has 2 aromatic rings. The molecule has 2 bridgehead atoms. The van der Waals surface area contributed by atoms with Gasteiger partial charge in [-0.15, -0.1) is 0 Å². The highest BCUT2D eigenvalue weighted by Crippen LogP contribution is 2.36. The highest BCUT2D eigenvalue weighted by Gasteiger charge is 2.39. The van der Waals surface area contributed by atoms with Crippen molar-refractivity contribution in [2.75, 3.05) is 31.5 Å². The third-order valence-corrected chi connectivity index (χ3v) is 9.32. The fourth-order valence-corrected chi connectivity index (χ4v) is 7.21. The van der Waals surface area contributed by atoms with Crippen molar-refractivity contribution < 1.29 is 18.0 Å². The fraction of sp³-hybridized carbons (Fsp3) is 0.480. The lowest BCUT2D eigenvalue weighted by atomic mass is 9.82. The topological polar surface area (TPSA) is 109 Å². The molecule has 9 nitrogen and oxygen atoms in total. The number of piperidine rings is 2. The number of hydrogen-bond donors (Lipinski definition) is 1. The van der Waals surface area contributed by atoms with E-state index in [0.29, 0.717) is 51.3 Å². The van der Waals surface area contributed by atoms with E-state index in [1.165, 1.54) is 23.4 Å². The molecule has 2 atom stereocenters. The van der Waals surface area contributed by atoms with Crippen molar-refractivity contribution in [2.45, 2.75) is 43.5 Å². The van der Waals surface area contributed by atoms with Gasteiger partial charge in [-0.1, -0.05) is 6.07 Å². The Morgan fingerprint density at radius 2 is 1.69 bits per heavy atom. The van der Waals surface area contributed by atoms with Crippen molar-refractivity contribution in [3.05, 3.63) is 58.5 Å². The Hall–Kier alpha value is -2.98. The summed E-state index contributed by atoms with van der Waals surface area (Å²) in [6.45, 7) is 3.89. The summed E-state index contributed by atoms with van der Waals surface area (Å²) in [4.78, 5) is 38.9. The quantitative estimate of drug-likeness (QED) is 0.692. The van der Waals surface area contributed by atoms with Gasteiger partial charge in [-0.2, -0.15) is 4.31 Å². The minimum Gasteiger partial charge on any atom is -0.341 e. The highest BCUT2D eigenvalue weighted by molar-refractivity contribution is 7.89. The molecule has 2 saturated heterocycles. The Morgan fingerprint density at radius 3 is 2.37 bits per heavy atom. The van der Waals surface area contributed by atoms with Gasteiger partial charge in [0.1, 0.15) is 0 Å². The molecule has 3 aliphatic heterocycles. The Balaban J connectivity index is 1.22. The molecule has 4 heterocycles. The molecule has 0 spiro atoms. The number of sulfonamides is 1. The first-order valence-corrected chi connectivity index (χ1v) is 13.5. The van der Waals surface area contributed by atoms with Crippen molar-refractivity contribution in [1.29, 1.82) is 0 Å². The van der Waals surface area contributed by atoms with Crippen molar-refractivity contribution in [3.63, 3.8) is 0 Å². The Labute approximate surface area is 204 Å². The summed E-state index contributed by atoms with van der Waals surface area (Å²) >= 11 is 0. The van der Waals surface area contributed by atoms with Gasteiger partial charge in [-0.05, 0) is 55.5 Å². The zero-order valence-corrected chi connectivity index (χ0v) is 20.5. The smallest absolute Gasteiger partial charge is 0.250 e. The van der Waals surface area contributed by atoms with Crippen LogP contribution in [0.3, 0.4) is 0 Å². The van der Waals surface area contributed by atoms with E-state index in [2.05, 4.69) is 5.32 Å². The molecule has 0 unspecified atom stereocenters. The largest absolute Gasteiger partial charge is 0.341 e. The van der Waals surface area contributed by atoms with Crippen LogP contribution in [0.5, 0.6) is 0 Å². The van der Waals surface area contributed by atoms with Crippen molar-refractivity contribution in [2.24, 2.45) is 11.8 Å². The van der Waals surface area contributed by atoms with Gasteiger partial charge < -0.3 is 14.8 Å². The molecule has 1 aromatic carbocycles. The summed E-state index contributed by atoms with van der Waals surface area (Å²) in [7, 11) is -3.67. The molecule has 0 aliphatic carbocycles. The Morgan fingerprint density at radius 1 is 0.971 bits per heavy atom. The predicted molar refractivity (Wildman–Crippen MR) is 130 cm³/mol. The molecule has 10 heteroatoms. The number of pyridine rings is 1. The molecule has 2 fully saturated rings. The summed E-state index contributed by atoms with van der Waals surface area (Å²) in [5, 5.41) is 2.63. The summed E-state index contributed by atoms with van der Waals surface area (Å²) in [5.41, 5.74) is 1.58. The standard InChI is InChI=1S/C25H30N4O5S/c1-17(30)26-21-5-7-22(8-6-21)35(33,34)28-11-9-19(10-12-28)25(32)27-14-18-13-20(16-27)23-3-2-4-24(31)29(23)15-18/h2-8,18-20H,9-16H2,1H3,(H,26,30)/t18-,20+/m1/s1. The summed E-state index contributed by atoms with van der Waals surface area (Å²) in [6.07, 6.45) is 1.97. The van der Waals surface area contributed by atoms with E-state index in [4.69, 9.17) is 0 Å². The second-order valence-corrected chi connectivity index (χ2v) is 11.8. The number of fused-ring (bicyclic) bond motifs is 4. The molecule has 35 heavy (non-hydrogen) atoms. The van der Waals surface area contributed by atoms with Crippen LogP contribution in [0.4, 0.5) is 5.69 Å². The third kappa shape index (κ3) is 4.64. The van der Waals surface area contributed by atoms with Gasteiger partial charge in [0.2, 0.25) is 21.8 Å². The second-order valence-electron chi connectivity index (χ2n) is 9.83. The van der Waals surface area contributed by atoms with Crippen LogP contribution in [0, 0.1) is 11.8 Å². The average Bonchev–Trinajstić information content (AvgIpc) is 2.84. The van der Waals surface area contributed by atoms with Crippen LogP contribution >= 0.6 is 0 Å². The molecule has 3 aliphatic rings. The lowest BCUT2D eigenvalue weighted by molar-refractivity contribution is -0.139. The number of aromatic nitrogens is 1. The number of carbonyl (C=O) groups is 2. The molecule has 1 aromatic heterocycles. The number of likely N-dealkylation sites (tertiary alicyclic amines) is 1. The number of amides is 2. The van der Waals surface area contributed by atoms with E-state index in [1.807, 2.05) is 15.5 Å². The predicted octanol–water partition coefficient (Wildman–Crippen LogP) is 1.85. The maximum atomic E-state index is 13.4. The molecule has 2 amide bonds. The first kappa shape index (κ1) is 23.7. The molecule has 0 saturated carbocycles. The lowest BCUT2D eigenvalue weighted by Crippen LogP contribution is -2.52. The van der Waals surface area contributed by atoms with Crippen molar-refractivity contribution in [1.82, 2.24) is 13.8 Å². The van der Waals surface area contributed by atoms with Gasteiger partial charge in [0.15, 0.2) is 0 Å². The van der Waals surface area contributed by atoms with Gasteiger partial charge in [0.05, 0.1) is 4.90 Å². The number of benzene rings is 1. The SMILES string of the molecule is CC(=O)Nc1ccc(S(=O)(=O)N2CCC(C(=O)N3C[C@H]4C[C@@H](C3)c3cccc(=O)n3C4)CC2)cc1. The van der Waals surface area contributed by atoms with Crippen molar-refractivity contribution >= 4 is 27.5 Å². The van der Waals surface area contributed by atoms with Gasteiger partial charge in [-0.25, -0.2) is 8.42 Å². The number of carbonyl (C=O) groups excluding carboxylic acids is 2. The van der Waals surface area contributed by atoms with Crippen LogP contribution in [0.15, 0.2) is 52.2 Å². The normalized spacial score (nSPS) is 22.9. The number of hydrogen-bond acceptors (Lipinski definition) is 5. The first-order valence-electron chi connectivity index (χ1n) is 12.1. The summed E-state index contributed by atoms with van der Waals surface area (Å²) < 4.78 is 29.5. The fourth-order valence-electron chi connectivity index (χ4n) is 5.74. The third-order valence-electron chi connectivity index (χ3n) is 7.41. The Bertz CT molecular complexity index is 1300. The van der Waals surface area contributed by atoms with Crippen LogP contribution in [0.25, 0.3) is 0 Å². The van der Waals surface area contributed by atoms with Gasteiger partial charge in [0, 0.05) is 68.9 Å². The number of rotatable bonds is 4. The van der Waals surface area contributed by atoms with E-state index < -0.39 is 10.0 Å². The monoisotopic (exact) mass is 498 g/mol. The van der Waals surface area contributed by atoms with Gasteiger partial charge in [0.25, 0.3) is 5.56 Å². The summed E-state index contributed by atoms with van der Waals surface area (Å²) in [6, 6.07) is 11.5. The van der Waals surface area contributed by atoms with Crippen molar-refractivity contribution in [3.8, 4) is 0 Å². The van der Waals surface area contributed by atoms with Crippen LogP contribution in [-0.2, 0) is 26.2 Å². The maximum absolute atomic E-state index is 13.4. The zero-order chi connectivity index (χ0) is 24.7. The van der Waals surface area contributed by atoms with E-state index in [-0.39, 0.29) is 40.0 Å². The van der Waals surface area contributed by atoms with Gasteiger partial charge in [-0.3, -0.25) is 14.4 Å². The van der Waals surface area contributed by atoms with Crippen LogP contribution in [-0.4, -0.2) is 60.2 Å². The van der Waals surface area contributed by atoms with E-state index in [0.717, 1.165) is 12.1 Å². The van der Waals surface area contributed by atoms with E-state index >= 15 is 0 Å². The van der Waals surface area contributed by atoms with E-state index in [9.17, 15) is 22.8 Å². The molecule has 1 N–H and O–H groups in total. The van der Waals surface area contributed by atoms with Gasteiger partial charge >= 0.3 is 0 Å². The highest BCUT2D eigenvalue weighted by atomic mass is 32.2. The first-order chi connectivity index (χ1) is 16.7. The molecule has 186 valence electrons. The second kappa shape index (κ2) is 9.23. The van der Waals surface area contributed by atoms with Crippen LogP contribution < -0.4 is 10.9 Å². The summed E-state index contributed by atoms with van der Waals surface area (Å²) in [5.74, 6) is 0.124. The minimum atomic E-state index is -3.67. The number of nitrogens with one attached hydrogen (secondary N) is 1. The van der Waals surface area contributed by atoms with Crippen LogP contribution in [0.1, 0.15) is 37.8 Å². The molecule has 5 rings (SSSR count). The zero-order valence-electron chi connectivity index (χ0n) is 19.7.